The van der Waals surface area contributed by atoms with Crippen molar-refractivity contribution < 1.29 is 5.11 Å². The van der Waals surface area contributed by atoms with Crippen LogP contribution in [0.25, 0.3) is 5.69 Å². The van der Waals surface area contributed by atoms with Gasteiger partial charge < -0.3 is 5.11 Å². The summed E-state index contributed by atoms with van der Waals surface area (Å²) in [5.41, 5.74) is 0.481. The molecule has 2 unspecified atom stereocenters. The summed E-state index contributed by atoms with van der Waals surface area (Å²) in [4.78, 5) is 13.0. The Morgan fingerprint density at radius 1 is 1.14 bits per heavy atom. The Kier molecular flexibility index (Phi) is 2.54. The summed E-state index contributed by atoms with van der Waals surface area (Å²) in [6.07, 6.45) is 6.04. The van der Waals surface area contributed by atoms with E-state index in [0.717, 1.165) is 12.8 Å². The van der Waals surface area contributed by atoms with Crippen molar-refractivity contribution in [2.75, 3.05) is 0 Å². The van der Waals surface area contributed by atoms with Crippen molar-refractivity contribution in [1.29, 1.82) is 0 Å². The van der Waals surface area contributed by atoms with Gasteiger partial charge in [0.2, 0.25) is 5.88 Å². The topological polar surface area (TPSA) is 47.2 Å². The van der Waals surface area contributed by atoms with Gasteiger partial charge in [-0.3, -0.25) is 4.57 Å². The molecule has 0 saturated heterocycles. The van der Waals surface area contributed by atoms with Crippen molar-refractivity contribution in [2.45, 2.75) is 37.6 Å². The first-order chi connectivity index (χ1) is 10.4. The second kappa shape index (κ2) is 4.07. The lowest BCUT2D eigenvalue weighted by molar-refractivity contribution is 0.231. The summed E-state index contributed by atoms with van der Waals surface area (Å²) in [6.45, 7) is 4.11. The van der Waals surface area contributed by atoms with E-state index in [-0.39, 0.29) is 22.5 Å². The number of imidazole rings is 1. The zero-order chi connectivity index (χ0) is 15.7. The van der Waals surface area contributed by atoms with E-state index < -0.39 is 0 Å². The third-order valence-corrected chi connectivity index (χ3v) is 5.38. The van der Waals surface area contributed by atoms with Crippen LogP contribution in [0.3, 0.4) is 0 Å². The monoisotopic (exact) mass is 316 g/mol. The summed E-state index contributed by atoms with van der Waals surface area (Å²) in [5, 5.41) is 11.4. The highest BCUT2D eigenvalue weighted by atomic mass is 35.5. The SMILES string of the molecule is CC12C=CC(C)(CC1)n1c2c(O)n(-c2ccc(Cl)cc2)c1=O. The van der Waals surface area contributed by atoms with Gasteiger partial charge in [-0.05, 0) is 44.0 Å². The Hall–Kier alpha value is -1.94. The van der Waals surface area contributed by atoms with Crippen LogP contribution >= 0.6 is 11.6 Å². The van der Waals surface area contributed by atoms with Gasteiger partial charge in [0.1, 0.15) is 0 Å². The van der Waals surface area contributed by atoms with Crippen LogP contribution in [0.1, 0.15) is 32.4 Å². The number of fused-ring (bicyclic) bond motifs is 1. The van der Waals surface area contributed by atoms with E-state index >= 15 is 0 Å². The highest BCUT2D eigenvalue weighted by molar-refractivity contribution is 6.30. The molecule has 2 bridgehead atoms. The van der Waals surface area contributed by atoms with Crippen LogP contribution in [0.2, 0.25) is 5.02 Å². The number of hydrogen-bond donors (Lipinski definition) is 1. The predicted octanol–water partition coefficient (Wildman–Crippen LogP) is 3.33. The van der Waals surface area contributed by atoms with Gasteiger partial charge >= 0.3 is 5.69 Å². The van der Waals surface area contributed by atoms with Crippen LogP contribution in [0, 0.1) is 0 Å². The molecule has 0 fully saturated rings. The van der Waals surface area contributed by atoms with Gasteiger partial charge in [0.15, 0.2) is 0 Å². The van der Waals surface area contributed by atoms with E-state index in [4.69, 9.17) is 11.6 Å². The van der Waals surface area contributed by atoms with Gasteiger partial charge in [0.25, 0.3) is 0 Å². The van der Waals surface area contributed by atoms with Crippen molar-refractivity contribution in [3.63, 3.8) is 0 Å². The fourth-order valence-corrected chi connectivity index (χ4v) is 3.85. The maximum atomic E-state index is 13.0. The summed E-state index contributed by atoms with van der Waals surface area (Å²) in [5.74, 6) is 0.0325. The van der Waals surface area contributed by atoms with Crippen molar-refractivity contribution in [3.05, 3.63) is 57.6 Å². The number of aromatic hydroxyl groups is 1. The van der Waals surface area contributed by atoms with E-state index in [2.05, 4.69) is 19.1 Å². The van der Waals surface area contributed by atoms with Gasteiger partial charge in [-0.25, -0.2) is 9.36 Å². The fraction of sp³-hybridized carbons (Fsp3) is 0.353. The number of benzene rings is 1. The lowest BCUT2D eigenvalue weighted by Crippen LogP contribution is -2.49. The molecule has 2 aromatic rings. The smallest absolute Gasteiger partial charge is 0.336 e. The average molecular weight is 317 g/mol. The molecule has 0 saturated carbocycles. The quantitative estimate of drug-likeness (QED) is 0.820. The summed E-state index contributed by atoms with van der Waals surface area (Å²) in [6, 6.07) is 6.93. The van der Waals surface area contributed by atoms with E-state index in [1.807, 2.05) is 6.92 Å². The first-order valence-corrected chi connectivity index (χ1v) is 7.78. The minimum Gasteiger partial charge on any atom is -0.493 e. The molecule has 1 aromatic heterocycles. The van der Waals surface area contributed by atoms with Gasteiger partial charge in [0, 0.05) is 10.4 Å². The normalized spacial score (nSPS) is 28.9. The lowest BCUT2D eigenvalue weighted by atomic mass is 9.68. The molecule has 114 valence electrons. The van der Waals surface area contributed by atoms with Gasteiger partial charge in [0.05, 0.1) is 16.9 Å². The molecule has 0 spiro atoms. The molecule has 0 amide bonds. The molecule has 1 aliphatic carbocycles. The Morgan fingerprint density at radius 2 is 1.82 bits per heavy atom. The molecule has 1 N–H and O–H groups in total. The molecule has 3 aliphatic rings. The van der Waals surface area contributed by atoms with E-state index in [0.29, 0.717) is 16.4 Å². The van der Waals surface area contributed by atoms with Gasteiger partial charge in [-0.15, -0.1) is 0 Å². The van der Waals surface area contributed by atoms with Gasteiger partial charge in [-0.2, -0.15) is 0 Å². The van der Waals surface area contributed by atoms with Crippen LogP contribution in [0.15, 0.2) is 41.2 Å². The number of rotatable bonds is 1. The van der Waals surface area contributed by atoms with Crippen molar-refractivity contribution in [3.8, 4) is 11.6 Å². The highest BCUT2D eigenvalue weighted by Gasteiger charge is 2.48. The second-order valence-electron chi connectivity index (χ2n) is 6.71. The first-order valence-electron chi connectivity index (χ1n) is 7.40. The van der Waals surface area contributed by atoms with Crippen molar-refractivity contribution >= 4 is 11.6 Å². The Labute approximate surface area is 133 Å². The predicted molar refractivity (Wildman–Crippen MR) is 86.1 cm³/mol. The van der Waals surface area contributed by atoms with Crippen LogP contribution in [-0.2, 0) is 11.0 Å². The standard InChI is InChI=1S/C17H17ClN2O2/c1-16-7-9-17(2,10-8-16)20-13(16)14(21)19(15(20)22)12-5-3-11(18)4-6-12/h3-7,9,21H,8,10H2,1-2H3. The highest BCUT2D eigenvalue weighted by Crippen LogP contribution is 2.50. The maximum Gasteiger partial charge on any atom is 0.336 e. The van der Waals surface area contributed by atoms with Crippen LogP contribution < -0.4 is 5.69 Å². The zero-order valence-corrected chi connectivity index (χ0v) is 13.3. The maximum absolute atomic E-state index is 13.0. The largest absolute Gasteiger partial charge is 0.493 e. The molecule has 4 nitrogen and oxygen atoms in total. The Bertz CT molecular complexity index is 862. The molecule has 5 heteroatoms. The fourth-order valence-electron chi connectivity index (χ4n) is 3.73. The summed E-state index contributed by atoms with van der Waals surface area (Å²) >= 11 is 5.92. The Morgan fingerprint density at radius 3 is 2.36 bits per heavy atom. The molecule has 3 heterocycles. The number of nitrogens with zero attached hydrogens (tertiary/aromatic N) is 2. The Balaban J connectivity index is 2.05. The molecule has 0 radical (unpaired) electrons. The molecule has 2 aliphatic heterocycles. The number of halogens is 1. The van der Waals surface area contributed by atoms with Crippen LogP contribution in [-0.4, -0.2) is 14.2 Å². The van der Waals surface area contributed by atoms with E-state index in [1.165, 1.54) is 4.57 Å². The second-order valence-corrected chi connectivity index (χ2v) is 7.15. The van der Waals surface area contributed by atoms with E-state index in [9.17, 15) is 9.90 Å². The summed E-state index contributed by atoms with van der Waals surface area (Å²) < 4.78 is 3.13. The average Bonchev–Trinajstić information content (AvgIpc) is 2.77. The molecular weight excluding hydrogens is 300 g/mol. The molecule has 5 rings (SSSR count). The van der Waals surface area contributed by atoms with Crippen molar-refractivity contribution in [2.24, 2.45) is 0 Å². The van der Waals surface area contributed by atoms with Gasteiger partial charge in [-0.1, -0.05) is 30.7 Å². The lowest BCUT2D eigenvalue weighted by Gasteiger charge is -2.46. The molecule has 1 aromatic carbocycles. The number of aromatic nitrogens is 2. The molecular formula is C17H17ClN2O2. The molecule has 22 heavy (non-hydrogen) atoms. The number of hydrogen-bond acceptors (Lipinski definition) is 2. The minimum atomic E-state index is -0.362. The third kappa shape index (κ3) is 1.56. The van der Waals surface area contributed by atoms with Crippen LogP contribution in [0.5, 0.6) is 5.88 Å². The third-order valence-electron chi connectivity index (χ3n) is 5.13. The molecule has 2 atom stereocenters. The number of allylic oxidation sites excluding steroid dienone is 2. The van der Waals surface area contributed by atoms with E-state index in [1.54, 1.807) is 28.8 Å². The minimum absolute atomic E-state index is 0.0325. The van der Waals surface area contributed by atoms with Crippen molar-refractivity contribution in [1.82, 2.24) is 9.13 Å². The zero-order valence-electron chi connectivity index (χ0n) is 12.5. The van der Waals surface area contributed by atoms with Crippen LogP contribution in [0.4, 0.5) is 0 Å². The first kappa shape index (κ1) is 13.7. The summed E-state index contributed by atoms with van der Waals surface area (Å²) in [7, 11) is 0.